The molecule has 3 aromatic rings. The molecular weight excluding hydrogens is 358 g/mol. The maximum absolute atomic E-state index is 12.4. The fourth-order valence-corrected chi connectivity index (χ4v) is 4.56. The van der Waals surface area contributed by atoms with E-state index in [1.165, 1.54) is 0 Å². The molecule has 4 rings (SSSR count). The Bertz CT molecular complexity index is 995. The van der Waals surface area contributed by atoms with Crippen LogP contribution in [0.4, 0.5) is 5.82 Å². The Balaban J connectivity index is 1.86. The number of hydrogen-bond acceptors (Lipinski definition) is 4. The van der Waals surface area contributed by atoms with Crippen molar-refractivity contribution in [1.82, 2.24) is 9.78 Å². The molecule has 0 radical (unpaired) electrons. The van der Waals surface area contributed by atoms with Crippen molar-refractivity contribution in [2.24, 2.45) is 0 Å². The van der Waals surface area contributed by atoms with Crippen LogP contribution in [0.15, 0.2) is 48.5 Å². The maximum atomic E-state index is 12.4. The second-order valence-electron chi connectivity index (χ2n) is 6.61. The highest BCUT2D eigenvalue weighted by Crippen LogP contribution is 2.44. The van der Waals surface area contributed by atoms with E-state index < -0.39 is 0 Å². The van der Waals surface area contributed by atoms with Crippen LogP contribution in [0.5, 0.6) is 5.75 Å². The van der Waals surface area contributed by atoms with Crippen LogP contribution in [0.1, 0.15) is 27.6 Å². The third kappa shape index (κ3) is 3.32. The molecule has 0 fully saturated rings. The quantitative estimate of drug-likeness (QED) is 0.738. The molecule has 2 heterocycles. The molecule has 6 heteroatoms. The van der Waals surface area contributed by atoms with Crippen LogP contribution in [0, 0.1) is 13.8 Å². The lowest BCUT2D eigenvalue weighted by Crippen LogP contribution is -2.15. The van der Waals surface area contributed by atoms with Crippen LogP contribution >= 0.6 is 11.8 Å². The lowest BCUT2D eigenvalue weighted by Gasteiger charge is -2.16. The second kappa shape index (κ2) is 7.12. The Kier molecular flexibility index (Phi) is 4.66. The number of carbonyl (C=O) groups is 1. The molecule has 27 heavy (non-hydrogen) atoms. The Hall–Kier alpha value is -2.73. The van der Waals surface area contributed by atoms with E-state index in [1.807, 2.05) is 48.9 Å². The molecule has 1 amide bonds. The third-order valence-electron chi connectivity index (χ3n) is 4.67. The minimum Gasteiger partial charge on any atom is -0.497 e. The second-order valence-corrected chi connectivity index (χ2v) is 7.70. The van der Waals surface area contributed by atoms with E-state index in [2.05, 4.69) is 23.5 Å². The molecule has 0 aliphatic carbocycles. The van der Waals surface area contributed by atoms with Gasteiger partial charge in [-0.2, -0.15) is 5.10 Å². The highest BCUT2D eigenvalue weighted by molar-refractivity contribution is 8.00. The molecule has 0 bridgehead atoms. The fraction of sp³-hybridized carbons (Fsp3) is 0.238. The van der Waals surface area contributed by atoms with Gasteiger partial charge in [-0.25, -0.2) is 4.68 Å². The number of nitrogens with one attached hydrogen (secondary N) is 1. The predicted octanol–water partition coefficient (Wildman–Crippen LogP) is 4.27. The van der Waals surface area contributed by atoms with E-state index in [-0.39, 0.29) is 11.2 Å². The predicted molar refractivity (Wildman–Crippen MR) is 109 cm³/mol. The summed E-state index contributed by atoms with van der Waals surface area (Å²) in [6, 6.07) is 16.1. The number of rotatable bonds is 3. The Morgan fingerprint density at radius 3 is 2.67 bits per heavy atom. The summed E-state index contributed by atoms with van der Waals surface area (Å²) in [7, 11) is 1.66. The fourth-order valence-electron chi connectivity index (χ4n) is 3.37. The first-order chi connectivity index (χ1) is 13.1. The van der Waals surface area contributed by atoms with Crippen molar-refractivity contribution in [2.45, 2.75) is 19.1 Å². The van der Waals surface area contributed by atoms with Gasteiger partial charge in [-0.05, 0) is 49.2 Å². The van der Waals surface area contributed by atoms with Gasteiger partial charge in [0, 0.05) is 5.56 Å². The number of ether oxygens (including phenoxy) is 1. The van der Waals surface area contributed by atoms with E-state index in [9.17, 15) is 4.79 Å². The van der Waals surface area contributed by atoms with Gasteiger partial charge in [0.15, 0.2) is 0 Å². The molecule has 1 N–H and O–H groups in total. The van der Waals surface area contributed by atoms with E-state index in [0.717, 1.165) is 39.6 Å². The maximum Gasteiger partial charge on any atom is 0.235 e. The van der Waals surface area contributed by atoms with Crippen LogP contribution < -0.4 is 10.1 Å². The van der Waals surface area contributed by atoms with Crippen LogP contribution in [0.2, 0.25) is 0 Å². The van der Waals surface area contributed by atoms with Crippen LogP contribution in [0.25, 0.3) is 5.69 Å². The van der Waals surface area contributed by atoms with Crippen molar-refractivity contribution in [3.63, 3.8) is 0 Å². The van der Waals surface area contributed by atoms with Gasteiger partial charge in [-0.3, -0.25) is 4.79 Å². The minimum atomic E-state index is -0.00827. The summed E-state index contributed by atoms with van der Waals surface area (Å²) in [5, 5.41) is 7.85. The molecule has 0 saturated carbocycles. The molecule has 2 aromatic carbocycles. The van der Waals surface area contributed by atoms with Gasteiger partial charge in [0.05, 0.1) is 29.5 Å². The number of nitrogens with zero attached hydrogens (tertiary/aromatic N) is 2. The van der Waals surface area contributed by atoms with E-state index >= 15 is 0 Å². The number of methoxy groups -OCH3 is 1. The minimum absolute atomic E-state index is 0.00827. The summed E-state index contributed by atoms with van der Waals surface area (Å²) in [5.74, 6) is 1.97. The lowest BCUT2D eigenvalue weighted by molar-refractivity contribution is -0.113. The zero-order valence-corrected chi connectivity index (χ0v) is 16.3. The lowest BCUT2D eigenvalue weighted by atomic mass is 10.0. The molecule has 0 unspecified atom stereocenters. The summed E-state index contributed by atoms with van der Waals surface area (Å²) >= 11 is 1.62. The van der Waals surface area contributed by atoms with Crippen molar-refractivity contribution >= 4 is 23.5 Å². The Labute approximate surface area is 162 Å². The van der Waals surface area contributed by atoms with Crippen molar-refractivity contribution in [3.8, 4) is 11.4 Å². The van der Waals surface area contributed by atoms with Crippen LogP contribution in [-0.4, -0.2) is 28.6 Å². The molecule has 138 valence electrons. The molecule has 1 aromatic heterocycles. The molecule has 0 saturated heterocycles. The summed E-state index contributed by atoms with van der Waals surface area (Å²) in [4.78, 5) is 12.4. The average molecular weight is 379 g/mol. The van der Waals surface area contributed by atoms with Crippen molar-refractivity contribution in [2.75, 3.05) is 18.2 Å². The largest absolute Gasteiger partial charge is 0.497 e. The van der Waals surface area contributed by atoms with Crippen molar-refractivity contribution in [1.29, 1.82) is 0 Å². The van der Waals surface area contributed by atoms with Gasteiger partial charge in [-0.15, -0.1) is 11.8 Å². The van der Waals surface area contributed by atoms with E-state index in [1.54, 1.807) is 18.9 Å². The van der Waals surface area contributed by atoms with Gasteiger partial charge >= 0.3 is 0 Å². The number of anilines is 1. The van der Waals surface area contributed by atoms with Gasteiger partial charge in [0.1, 0.15) is 11.6 Å². The van der Waals surface area contributed by atoms with Crippen LogP contribution in [-0.2, 0) is 4.79 Å². The highest BCUT2D eigenvalue weighted by atomic mass is 32.2. The average Bonchev–Trinajstić information content (AvgIpc) is 2.88. The molecular formula is C21H21N3O2S. The first kappa shape index (κ1) is 17.7. The first-order valence-electron chi connectivity index (χ1n) is 8.79. The number of aryl methyl sites for hydroxylation is 2. The molecule has 1 aliphatic heterocycles. The summed E-state index contributed by atoms with van der Waals surface area (Å²) in [6.07, 6.45) is 0. The number of thioether (sulfide) groups is 1. The number of benzene rings is 2. The Morgan fingerprint density at radius 1 is 1.19 bits per heavy atom. The molecule has 0 spiro atoms. The highest BCUT2D eigenvalue weighted by Gasteiger charge is 2.30. The van der Waals surface area contributed by atoms with E-state index in [0.29, 0.717) is 5.75 Å². The standard InChI is InChI=1S/C21H21N3O2S/c1-13-5-4-6-16(11-13)24-21-19(14(2)23-24)20(27-12-18(25)22-21)15-7-9-17(26-3)10-8-15/h4-11,20H,12H2,1-3H3,(H,22,25)/t20-/m1/s1. The number of hydrogen-bond donors (Lipinski definition) is 1. The smallest absolute Gasteiger partial charge is 0.235 e. The summed E-state index contributed by atoms with van der Waals surface area (Å²) in [5.41, 5.74) is 5.19. The Morgan fingerprint density at radius 2 is 1.96 bits per heavy atom. The van der Waals surface area contributed by atoms with Gasteiger partial charge in [0.25, 0.3) is 0 Å². The van der Waals surface area contributed by atoms with Gasteiger partial charge in [0.2, 0.25) is 5.91 Å². The van der Waals surface area contributed by atoms with Crippen molar-refractivity contribution in [3.05, 3.63) is 70.9 Å². The number of amides is 1. The number of carbonyl (C=O) groups excluding carboxylic acids is 1. The number of aromatic nitrogens is 2. The van der Waals surface area contributed by atoms with Gasteiger partial charge < -0.3 is 10.1 Å². The van der Waals surface area contributed by atoms with Crippen LogP contribution in [0.3, 0.4) is 0 Å². The zero-order valence-electron chi connectivity index (χ0n) is 15.5. The summed E-state index contributed by atoms with van der Waals surface area (Å²) in [6.45, 7) is 4.05. The molecule has 1 aliphatic rings. The van der Waals surface area contributed by atoms with Crippen molar-refractivity contribution < 1.29 is 9.53 Å². The molecule has 1 atom stereocenters. The first-order valence-corrected chi connectivity index (χ1v) is 9.83. The summed E-state index contributed by atoms with van der Waals surface area (Å²) < 4.78 is 7.12. The normalized spacial score (nSPS) is 16.4. The monoisotopic (exact) mass is 379 g/mol. The molecule has 5 nitrogen and oxygen atoms in total. The van der Waals surface area contributed by atoms with E-state index in [4.69, 9.17) is 9.84 Å². The van der Waals surface area contributed by atoms with Gasteiger partial charge in [-0.1, -0.05) is 24.3 Å². The topological polar surface area (TPSA) is 56.1 Å². The SMILES string of the molecule is COc1ccc([C@H]2SCC(=O)Nc3c2c(C)nn3-c2cccc(C)c2)cc1. The zero-order chi connectivity index (χ0) is 19.0. The number of fused-ring (bicyclic) bond motifs is 1. The third-order valence-corrected chi connectivity index (χ3v) is 5.94.